The van der Waals surface area contributed by atoms with Gasteiger partial charge in [-0.15, -0.1) is 0 Å². The Kier molecular flexibility index (Phi) is 6.25. The van der Waals surface area contributed by atoms with E-state index in [9.17, 15) is 0 Å². The summed E-state index contributed by atoms with van der Waals surface area (Å²) in [6.45, 7) is 7.19. The second-order valence-corrected chi connectivity index (χ2v) is 5.46. The average molecular weight is 268 g/mol. The third kappa shape index (κ3) is 4.05. The van der Waals surface area contributed by atoms with E-state index in [1.165, 1.54) is 5.75 Å². The molecule has 0 amide bonds. The van der Waals surface area contributed by atoms with Gasteiger partial charge in [0.05, 0.1) is 0 Å². The minimum atomic E-state index is 0.487. The van der Waals surface area contributed by atoms with Crippen LogP contribution in [0, 0.1) is 6.92 Å². The molecule has 1 rings (SSSR count). The van der Waals surface area contributed by atoms with Crippen LogP contribution in [-0.2, 0) is 0 Å². The number of aryl methyl sites for hydroxylation is 1. The fourth-order valence-corrected chi connectivity index (χ4v) is 2.30. The first kappa shape index (κ1) is 15.1. The molecule has 5 heteroatoms. The molecule has 4 nitrogen and oxygen atoms in total. The molecule has 0 aliphatic carbocycles. The van der Waals surface area contributed by atoms with Crippen LogP contribution in [0.2, 0.25) is 0 Å². The number of hydrogen-bond donors (Lipinski definition) is 1. The Morgan fingerprint density at radius 2 is 2.22 bits per heavy atom. The predicted octanol–water partition coefficient (Wildman–Crippen LogP) is 2.79. The molecule has 0 bridgehead atoms. The standard InChI is InChI=1S/C13H24N4S/c1-6-14-13-15-9-10(2)12(16-13)17(4)11(3)7-8-18-5/h9,11H,6-8H2,1-5H3,(H,14,15,16). The van der Waals surface area contributed by atoms with Crippen molar-refractivity contribution < 1.29 is 0 Å². The molecule has 0 radical (unpaired) electrons. The summed E-state index contributed by atoms with van der Waals surface area (Å²) in [5.74, 6) is 2.91. The summed E-state index contributed by atoms with van der Waals surface area (Å²) >= 11 is 1.89. The second-order valence-electron chi connectivity index (χ2n) is 4.47. The topological polar surface area (TPSA) is 41.1 Å². The summed E-state index contributed by atoms with van der Waals surface area (Å²) in [7, 11) is 2.11. The van der Waals surface area contributed by atoms with Crippen molar-refractivity contribution in [3.8, 4) is 0 Å². The molecular formula is C13H24N4S. The lowest BCUT2D eigenvalue weighted by molar-refractivity contribution is 0.659. The van der Waals surface area contributed by atoms with Crippen molar-refractivity contribution in [3.05, 3.63) is 11.8 Å². The molecule has 1 atom stereocenters. The van der Waals surface area contributed by atoms with Gasteiger partial charge in [-0.25, -0.2) is 4.98 Å². The fraction of sp³-hybridized carbons (Fsp3) is 0.692. The monoisotopic (exact) mass is 268 g/mol. The molecule has 18 heavy (non-hydrogen) atoms. The molecule has 0 aromatic carbocycles. The average Bonchev–Trinajstić information content (AvgIpc) is 2.37. The quantitative estimate of drug-likeness (QED) is 0.823. The third-order valence-corrected chi connectivity index (χ3v) is 3.66. The first-order chi connectivity index (χ1) is 8.60. The molecule has 0 spiro atoms. The Balaban J connectivity index is 2.82. The van der Waals surface area contributed by atoms with Crippen molar-refractivity contribution in [2.24, 2.45) is 0 Å². The van der Waals surface area contributed by atoms with Gasteiger partial charge < -0.3 is 10.2 Å². The van der Waals surface area contributed by atoms with Gasteiger partial charge in [-0.2, -0.15) is 16.7 Å². The Bertz CT molecular complexity index is 370. The summed E-state index contributed by atoms with van der Waals surface area (Å²) < 4.78 is 0. The van der Waals surface area contributed by atoms with E-state index in [1.54, 1.807) is 0 Å². The van der Waals surface area contributed by atoms with Gasteiger partial charge in [-0.3, -0.25) is 0 Å². The van der Waals surface area contributed by atoms with Crippen molar-refractivity contribution in [3.63, 3.8) is 0 Å². The van der Waals surface area contributed by atoms with E-state index < -0.39 is 0 Å². The Labute approximate surface area is 115 Å². The first-order valence-electron chi connectivity index (χ1n) is 6.39. The van der Waals surface area contributed by atoms with E-state index in [0.717, 1.165) is 24.3 Å². The summed E-state index contributed by atoms with van der Waals surface area (Å²) in [6, 6.07) is 0.487. The number of rotatable bonds is 7. The second kappa shape index (κ2) is 7.46. The molecule has 1 unspecified atom stereocenters. The summed E-state index contributed by atoms with van der Waals surface area (Å²) in [4.78, 5) is 11.1. The molecule has 1 N–H and O–H groups in total. The maximum absolute atomic E-state index is 4.59. The molecule has 102 valence electrons. The number of aromatic nitrogens is 2. The highest BCUT2D eigenvalue weighted by Gasteiger charge is 2.14. The highest BCUT2D eigenvalue weighted by atomic mass is 32.2. The van der Waals surface area contributed by atoms with Crippen LogP contribution in [0.1, 0.15) is 25.8 Å². The molecule has 0 saturated carbocycles. The van der Waals surface area contributed by atoms with Gasteiger partial charge in [0.15, 0.2) is 0 Å². The summed E-state index contributed by atoms with van der Waals surface area (Å²) in [5, 5.41) is 3.16. The van der Waals surface area contributed by atoms with Crippen LogP contribution in [0.4, 0.5) is 11.8 Å². The Hall–Kier alpha value is -0.970. The lowest BCUT2D eigenvalue weighted by Crippen LogP contribution is -2.31. The number of hydrogen-bond acceptors (Lipinski definition) is 5. The van der Waals surface area contributed by atoms with E-state index in [4.69, 9.17) is 0 Å². The molecule has 0 saturated heterocycles. The van der Waals surface area contributed by atoms with Gasteiger partial charge in [0.2, 0.25) is 5.95 Å². The number of thioether (sulfide) groups is 1. The van der Waals surface area contributed by atoms with Crippen molar-refractivity contribution in [1.29, 1.82) is 0 Å². The van der Waals surface area contributed by atoms with Gasteiger partial charge >= 0.3 is 0 Å². The van der Waals surface area contributed by atoms with Crippen molar-refractivity contribution in [2.75, 3.05) is 35.8 Å². The van der Waals surface area contributed by atoms with Gasteiger partial charge in [-0.05, 0) is 39.2 Å². The van der Waals surface area contributed by atoms with Crippen LogP contribution in [0.3, 0.4) is 0 Å². The van der Waals surface area contributed by atoms with Crippen molar-refractivity contribution in [2.45, 2.75) is 33.2 Å². The number of anilines is 2. The van der Waals surface area contributed by atoms with Crippen molar-refractivity contribution in [1.82, 2.24) is 9.97 Å². The normalized spacial score (nSPS) is 12.3. The maximum atomic E-state index is 4.59. The van der Waals surface area contributed by atoms with Crippen LogP contribution in [0.5, 0.6) is 0 Å². The molecule has 0 aliphatic rings. The summed E-state index contributed by atoms with van der Waals surface area (Å²) in [5.41, 5.74) is 1.12. The zero-order valence-corrected chi connectivity index (χ0v) is 12.8. The van der Waals surface area contributed by atoms with Crippen LogP contribution in [0.15, 0.2) is 6.20 Å². The van der Waals surface area contributed by atoms with E-state index in [0.29, 0.717) is 12.0 Å². The highest BCUT2D eigenvalue weighted by molar-refractivity contribution is 7.98. The number of nitrogens with one attached hydrogen (secondary N) is 1. The minimum absolute atomic E-state index is 0.487. The Morgan fingerprint density at radius 3 is 2.83 bits per heavy atom. The number of nitrogens with zero attached hydrogens (tertiary/aromatic N) is 3. The predicted molar refractivity (Wildman–Crippen MR) is 81.8 cm³/mol. The van der Waals surface area contributed by atoms with Crippen LogP contribution in [-0.4, -0.2) is 41.6 Å². The molecule has 0 aliphatic heterocycles. The van der Waals surface area contributed by atoms with E-state index >= 15 is 0 Å². The SMILES string of the molecule is CCNc1ncc(C)c(N(C)C(C)CCSC)n1. The van der Waals surface area contributed by atoms with Crippen molar-refractivity contribution >= 4 is 23.5 Å². The molecule has 1 aromatic heterocycles. The Morgan fingerprint density at radius 1 is 1.50 bits per heavy atom. The third-order valence-electron chi connectivity index (χ3n) is 3.01. The maximum Gasteiger partial charge on any atom is 0.224 e. The lowest BCUT2D eigenvalue weighted by atomic mass is 10.2. The van der Waals surface area contributed by atoms with Crippen LogP contribution < -0.4 is 10.2 Å². The first-order valence-corrected chi connectivity index (χ1v) is 7.78. The summed E-state index contributed by atoms with van der Waals surface area (Å²) in [6.07, 6.45) is 5.20. The van der Waals surface area contributed by atoms with E-state index in [1.807, 2.05) is 24.9 Å². The molecule has 0 fully saturated rings. The zero-order chi connectivity index (χ0) is 13.5. The van der Waals surface area contributed by atoms with E-state index in [-0.39, 0.29) is 0 Å². The van der Waals surface area contributed by atoms with E-state index in [2.05, 4.69) is 47.3 Å². The highest BCUT2D eigenvalue weighted by Crippen LogP contribution is 2.20. The van der Waals surface area contributed by atoms with Gasteiger partial charge in [0.1, 0.15) is 5.82 Å². The van der Waals surface area contributed by atoms with Gasteiger partial charge in [-0.1, -0.05) is 0 Å². The van der Waals surface area contributed by atoms with Gasteiger partial charge in [0, 0.05) is 31.4 Å². The minimum Gasteiger partial charge on any atom is -0.357 e. The zero-order valence-electron chi connectivity index (χ0n) is 12.0. The van der Waals surface area contributed by atoms with Gasteiger partial charge in [0.25, 0.3) is 0 Å². The fourth-order valence-electron chi connectivity index (χ4n) is 1.72. The van der Waals surface area contributed by atoms with Crippen LogP contribution >= 0.6 is 11.8 Å². The lowest BCUT2D eigenvalue weighted by Gasteiger charge is -2.27. The smallest absolute Gasteiger partial charge is 0.224 e. The molecular weight excluding hydrogens is 244 g/mol. The molecule has 1 aromatic rings. The molecule has 1 heterocycles. The van der Waals surface area contributed by atoms with Crippen LogP contribution in [0.25, 0.3) is 0 Å². The largest absolute Gasteiger partial charge is 0.357 e.